The van der Waals surface area contributed by atoms with Crippen LogP contribution in [-0.2, 0) is 13.1 Å². The van der Waals surface area contributed by atoms with Crippen LogP contribution in [0.4, 0.5) is 10.1 Å². The second-order valence-electron chi connectivity index (χ2n) is 8.36. The Labute approximate surface area is 212 Å². The van der Waals surface area contributed by atoms with E-state index >= 15 is 0 Å². The molecule has 1 aromatic heterocycles. The number of nitrogens with zero attached hydrogens (tertiary/aromatic N) is 6. The third-order valence-electron chi connectivity index (χ3n) is 6.38. The van der Waals surface area contributed by atoms with Gasteiger partial charge in [0.1, 0.15) is 12.1 Å². The quantitative estimate of drug-likeness (QED) is 0.325. The van der Waals surface area contributed by atoms with E-state index in [1.54, 1.807) is 19.4 Å². The number of halogens is 2. The number of aliphatic imine (C=N–C) groups is 1. The highest BCUT2D eigenvalue weighted by molar-refractivity contribution is 14.0. The lowest BCUT2D eigenvalue weighted by Gasteiger charge is -2.36. The predicted octanol–water partition coefficient (Wildman–Crippen LogP) is 2.47. The van der Waals surface area contributed by atoms with Crippen LogP contribution in [0.5, 0.6) is 0 Å². The number of rotatable bonds is 6. The van der Waals surface area contributed by atoms with Crippen molar-refractivity contribution in [1.29, 1.82) is 0 Å². The van der Waals surface area contributed by atoms with Gasteiger partial charge in [0.05, 0.1) is 11.4 Å². The molecule has 1 aromatic carbocycles. The smallest absolute Gasteiger partial charge is 0.194 e. The van der Waals surface area contributed by atoms with Crippen molar-refractivity contribution in [2.45, 2.75) is 20.0 Å². The number of anilines is 1. The third kappa shape index (κ3) is 6.80. The molecule has 0 saturated carbocycles. The highest BCUT2D eigenvalue weighted by Crippen LogP contribution is 2.22. The molecule has 4 rings (SSSR count). The molecule has 2 fully saturated rings. The number of piperazine rings is 2. The lowest BCUT2D eigenvalue weighted by atomic mass is 10.1. The first-order chi connectivity index (χ1) is 15.7. The van der Waals surface area contributed by atoms with Gasteiger partial charge in [0.2, 0.25) is 0 Å². The summed E-state index contributed by atoms with van der Waals surface area (Å²) in [4.78, 5) is 13.6. The lowest BCUT2D eigenvalue weighted by molar-refractivity contribution is 0.169. The molecule has 0 spiro atoms. The van der Waals surface area contributed by atoms with E-state index in [1.165, 1.54) is 0 Å². The Kier molecular flexibility index (Phi) is 9.75. The lowest BCUT2D eigenvalue weighted by Crippen LogP contribution is -2.52. The van der Waals surface area contributed by atoms with Gasteiger partial charge < -0.3 is 24.5 Å². The summed E-state index contributed by atoms with van der Waals surface area (Å²) in [6, 6.07) is 7.49. The highest BCUT2D eigenvalue weighted by atomic mass is 127. The number of benzene rings is 1. The number of guanidine groups is 1. The van der Waals surface area contributed by atoms with E-state index in [1.807, 2.05) is 18.2 Å². The molecule has 2 aromatic rings. The molecule has 0 atom stereocenters. The maximum absolute atomic E-state index is 14.8. The fourth-order valence-corrected chi connectivity index (χ4v) is 4.40. The largest absolute Gasteiger partial charge is 0.367 e. The van der Waals surface area contributed by atoms with Crippen LogP contribution in [0.2, 0.25) is 0 Å². The van der Waals surface area contributed by atoms with Crippen LogP contribution >= 0.6 is 24.0 Å². The summed E-state index contributed by atoms with van der Waals surface area (Å²) >= 11 is 0. The Morgan fingerprint density at radius 2 is 1.79 bits per heavy atom. The molecule has 0 unspecified atom stereocenters. The molecule has 0 aliphatic carbocycles. The summed E-state index contributed by atoms with van der Waals surface area (Å²) in [6.07, 6.45) is 1.61. The number of hydrogen-bond donors (Lipinski definition) is 1. The summed E-state index contributed by atoms with van der Waals surface area (Å²) in [5.41, 5.74) is 2.58. The van der Waals surface area contributed by atoms with E-state index in [4.69, 9.17) is 4.52 Å². The summed E-state index contributed by atoms with van der Waals surface area (Å²) in [6.45, 7) is 11.9. The van der Waals surface area contributed by atoms with Crippen LogP contribution in [0, 0.1) is 5.82 Å². The Morgan fingerprint density at radius 1 is 1.06 bits per heavy atom. The van der Waals surface area contributed by atoms with Gasteiger partial charge in [0.25, 0.3) is 0 Å². The highest BCUT2D eigenvalue weighted by Gasteiger charge is 2.21. The van der Waals surface area contributed by atoms with Gasteiger partial charge >= 0.3 is 0 Å². The van der Waals surface area contributed by atoms with Crippen molar-refractivity contribution < 1.29 is 8.91 Å². The molecule has 182 valence electrons. The maximum Gasteiger partial charge on any atom is 0.194 e. The van der Waals surface area contributed by atoms with Gasteiger partial charge in [-0.3, -0.25) is 9.89 Å². The Balaban J connectivity index is 0.00000306. The molecule has 2 aliphatic rings. The van der Waals surface area contributed by atoms with Crippen molar-refractivity contribution in [2.24, 2.45) is 4.99 Å². The van der Waals surface area contributed by atoms with E-state index in [-0.39, 0.29) is 29.8 Å². The van der Waals surface area contributed by atoms with Crippen molar-refractivity contribution in [3.05, 3.63) is 47.6 Å². The van der Waals surface area contributed by atoms with E-state index < -0.39 is 0 Å². The van der Waals surface area contributed by atoms with Crippen LogP contribution in [0.25, 0.3) is 0 Å². The fraction of sp³-hybridized carbons (Fsp3) is 0.565. The first-order valence-corrected chi connectivity index (χ1v) is 11.5. The standard InChI is InChI=1S/C23H34FN7O.HI/c1-3-28-7-11-30(12-8-28)22-5-4-19(16-21(22)24)17-26-23(25-2)31-13-9-29(10-14-31)18-20-6-15-32-27-20;/h4-6,15-16H,3,7-14,17-18H2,1-2H3,(H,25,26);1H. The summed E-state index contributed by atoms with van der Waals surface area (Å²) in [5, 5.41) is 7.39. The molecule has 0 radical (unpaired) electrons. The fourth-order valence-electron chi connectivity index (χ4n) is 4.40. The van der Waals surface area contributed by atoms with Gasteiger partial charge in [-0.25, -0.2) is 4.39 Å². The van der Waals surface area contributed by atoms with Gasteiger partial charge in [-0.2, -0.15) is 0 Å². The molecule has 0 bridgehead atoms. The van der Waals surface area contributed by atoms with Gasteiger partial charge in [0, 0.05) is 78.6 Å². The normalized spacial score (nSPS) is 18.3. The van der Waals surface area contributed by atoms with E-state index in [0.717, 1.165) is 82.7 Å². The molecule has 10 heteroatoms. The van der Waals surface area contributed by atoms with Crippen molar-refractivity contribution in [1.82, 2.24) is 25.2 Å². The minimum Gasteiger partial charge on any atom is -0.367 e. The van der Waals surface area contributed by atoms with E-state index in [0.29, 0.717) is 12.2 Å². The first-order valence-electron chi connectivity index (χ1n) is 11.5. The molecule has 0 amide bonds. The SMILES string of the molecule is CCN1CCN(c2ccc(CNC(=NC)N3CCN(Cc4ccon4)CC3)cc2F)CC1.I. The average Bonchev–Trinajstić information content (AvgIpc) is 3.34. The van der Waals surface area contributed by atoms with Crippen molar-refractivity contribution in [3.8, 4) is 0 Å². The molecular weight excluding hydrogens is 536 g/mol. The number of nitrogens with one attached hydrogen (secondary N) is 1. The van der Waals surface area contributed by atoms with Crippen LogP contribution in [0.15, 0.2) is 40.0 Å². The van der Waals surface area contributed by atoms with Crippen molar-refractivity contribution in [2.75, 3.05) is 70.9 Å². The molecule has 3 heterocycles. The van der Waals surface area contributed by atoms with Gasteiger partial charge in [0.15, 0.2) is 5.96 Å². The minimum atomic E-state index is -0.147. The molecule has 1 N–H and O–H groups in total. The zero-order valence-corrected chi connectivity index (χ0v) is 21.9. The number of aromatic nitrogens is 1. The molecule has 2 aliphatic heterocycles. The molecular formula is C23H35FIN7O. The van der Waals surface area contributed by atoms with Crippen LogP contribution in [-0.4, -0.2) is 91.8 Å². The topological polar surface area (TPSA) is 63.4 Å². The van der Waals surface area contributed by atoms with E-state index in [9.17, 15) is 4.39 Å². The second-order valence-corrected chi connectivity index (χ2v) is 8.36. The second kappa shape index (κ2) is 12.5. The molecule has 8 nitrogen and oxygen atoms in total. The zero-order chi connectivity index (χ0) is 22.3. The van der Waals surface area contributed by atoms with Crippen LogP contribution in [0.1, 0.15) is 18.2 Å². The predicted molar refractivity (Wildman–Crippen MR) is 140 cm³/mol. The summed E-state index contributed by atoms with van der Waals surface area (Å²) in [7, 11) is 1.80. The van der Waals surface area contributed by atoms with E-state index in [2.05, 4.69) is 42.0 Å². The summed E-state index contributed by atoms with van der Waals surface area (Å²) in [5.74, 6) is 0.706. The monoisotopic (exact) mass is 571 g/mol. The van der Waals surface area contributed by atoms with Crippen LogP contribution in [0.3, 0.4) is 0 Å². The van der Waals surface area contributed by atoms with Gasteiger partial charge in [-0.05, 0) is 24.2 Å². The van der Waals surface area contributed by atoms with Crippen molar-refractivity contribution >= 4 is 35.6 Å². The van der Waals surface area contributed by atoms with Gasteiger partial charge in [-0.15, -0.1) is 24.0 Å². The average molecular weight is 571 g/mol. The molecule has 2 saturated heterocycles. The Hall–Kier alpha value is -1.92. The Morgan fingerprint density at radius 3 is 2.39 bits per heavy atom. The summed E-state index contributed by atoms with van der Waals surface area (Å²) < 4.78 is 19.8. The van der Waals surface area contributed by atoms with Gasteiger partial charge in [-0.1, -0.05) is 18.1 Å². The molecule has 33 heavy (non-hydrogen) atoms. The first kappa shape index (κ1) is 25.7. The minimum absolute atomic E-state index is 0. The maximum atomic E-state index is 14.8. The third-order valence-corrected chi connectivity index (χ3v) is 6.38. The number of hydrogen-bond acceptors (Lipinski definition) is 6. The Bertz CT molecular complexity index is 879. The van der Waals surface area contributed by atoms with Crippen LogP contribution < -0.4 is 10.2 Å². The van der Waals surface area contributed by atoms with Crippen molar-refractivity contribution in [3.63, 3.8) is 0 Å². The number of likely N-dealkylation sites (N-methyl/N-ethyl adjacent to an activating group) is 1. The zero-order valence-electron chi connectivity index (χ0n) is 19.5.